The van der Waals surface area contributed by atoms with Crippen molar-refractivity contribution < 1.29 is 18.7 Å². The predicted octanol–water partition coefficient (Wildman–Crippen LogP) is 3.13. The van der Waals surface area contributed by atoms with Crippen molar-refractivity contribution in [2.24, 2.45) is 5.73 Å². The number of rotatable bonds is 9. The summed E-state index contributed by atoms with van der Waals surface area (Å²) in [4.78, 5) is 27.9. The van der Waals surface area contributed by atoms with Gasteiger partial charge >= 0.3 is 6.03 Å². The van der Waals surface area contributed by atoms with Gasteiger partial charge in [-0.25, -0.2) is 14.2 Å². The molecular weight excluding hydrogens is 479 g/mol. The van der Waals surface area contributed by atoms with Gasteiger partial charge in [-0.15, -0.1) is 0 Å². The smallest absolute Gasteiger partial charge is 0.319 e. The monoisotopic (exact) mass is 496 g/mol. The second kappa shape index (κ2) is 10.2. The van der Waals surface area contributed by atoms with Gasteiger partial charge in [-0.3, -0.25) is 10.1 Å². The molecule has 3 aromatic rings. The van der Waals surface area contributed by atoms with Crippen molar-refractivity contribution in [3.63, 3.8) is 0 Å². The number of carbonyl (C=O) groups excluding carboxylic acids is 2. The largest absolute Gasteiger partial charge is 0.471 e. The van der Waals surface area contributed by atoms with Gasteiger partial charge in [0.05, 0.1) is 6.33 Å². The average molecular weight is 497 g/mol. The molecule has 0 aliphatic carbocycles. The molecule has 1 aromatic carbocycles. The summed E-state index contributed by atoms with van der Waals surface area (Å²) in [5.41, 5.74) is 5.64. The van der Waals surface area contributed by atoms with Gasteiger partial charge in [0.2, 0.25) is 5.88 Å². The quantitative estimate of drug-likeness (QED) is 0.392. The molecule has 0 radical (unpaired) electrons. The van der Waals surface area contributed by atoms with Gasteiger partial charge in [-0.05, 0) is 30.1 Å². The molecule has 0 unspecified atom stereocenters. The summed E-state index contributed by atoms with van der Waals surface area (Å²) in [5, 5.41) is 5.39. The molecule has 9 nitrogen and oxygen atoms in total. The normalized spacial score (nSPS) is 10.6. The Hall–Kier alpha value is -2.99. The number of aromatic nitrogens is 3. The number of ether oxygens (including phenoxy) is 1. The first-order valence-corrected chi connectivity index (χ1v) is 10.4. The second-order valence-electron chi connectivity index (χ2n) is 6.12. The maximum Gasteiger partial charge on any atom is 0.319 e. The van der Waals surface area contributed by atoms with E-state index in [9.17, 15) is 14.0 Å². The number of primary amides is 1. The highest BCUT2D eigenvalue weighted by Gasteiger charge is 2.22. The van der Waals surface area contributed by atoms with E-state index in [0.717, 1.165) is 11.5 Å². The van der Waals surface area contributed by atoms with Crippen LogP contribution in [0.4, 0.5) is 14.2 Å². The number of benzene rings is 1. The number of aryl methyl sites for hydroxylation is 1. The van der Waals surface area contributed by atoms with Crippen molar-refractivity contribution in [2.45, 2.75) is 19.6 Å². The molecule has 3 rings (SSSR count). The maximum atomic E-state index is 13.9. The molecule has 0 fully saturated rings. The Morgan fingerprint density at radius 1 is 1.37 bits per heavy atom. The molecular formula is C18H18BrFN6O3S. The number of urea groups is 1. The van der Waals surface area contributed by atoms with E-state index in [1.54, 1.807) is 24.7 Å². The summed E-state index contributed by atoms with van der Waals surface area (Å²) in [7, 11) is 0. The lowest BCUT2D eigenvalue weighted by Gasteiger charge is -2.08. The van der Waals surface area contributed by atoms with Crippen LogP contribution in [-0.4, -0.2) is 32.4 Å². The number of nitrogens with two attached hydrogens (primary N) is 1. The number of nitrogens with one attached hydrogen (secondary N) is 2. The molecule has 12 heteroatoms. The van der Waals surface area contributed by atoms with Gasteiger partial charge in [0, 0.05) is 35.5 Å². The second-order valence-corrected chi connectivity index (χ2v) is 7.80. The maximum absolute atomic E-state index is 13.9. The minimum atomic E-state index is -0.814. The molecule has 2 aromatic heterocycles. The summed E-state index contributed by atoms with van der Waals surface area (Å²) < 4.78 is 25.9. The van der Waals surface area contributed by atoms with Crippen LogP contribution in [0.5, 0.6) is 5.88 Å². The van der Waals surface area contributed by atoms with E-state index < -0.39 is 17.8 Å². The van der Waals surface area contributed by atoms with E-state index in [4.69, 9.17) is 10.5 Å². The highest BCUT2D eigenvalue weighted by Crippen LogP contribution is 2.31. The lowest BCUT2D eigenvalue weighted by atomic mass is 10.2. The fraction of sp³-hybridized carbons (Fsp3) is 0.222. The molecule has 0 saturated heterocycles. The van der Waals surface area contributed by atoms with Crippen molar-refractivity contribution >= 4 is 44.4 Å². The van der Waals surface area contributed by atoms with Crippen molar-refractivity contribution in [1.29, 1.82) is 0 Å². The van der Waals surface area contributed by atoms with E-state index in [2.05, 4.69) is 35.9 Å². The Morgan fingerprint density at radius 3 is 2.90 bits per heavy atom. The highest BCUT2D eigenvalue weighted by molar-refractivity contribution is 9.10. The van der Waals surface area contributed by atoms with Crippen LogP contribution < -0.4 is 21.1 Å². The van der Waals surface area contributed by atoms with Crippen LogP contribution in [0.1, 0.15) is 22.3 Å². The fourth-order valence-electron chi connectivity index (χ4n) is 2.49. The molecule has 4 N–H and O–H groups in total. The zero-order valence-corrected chi connectivity index (χ0v) is 18.0. The third-order valence-corrected chi connectivity index (χ3v) is 5.19. The van der Waals surface area contributed by atoms with Crippen molar-refractivity contribution in [2.75, 3.05) is 11.9 Å². The van der Waals surface area contributed by atoms with Crippen LogP contribution >= 0.6 is 27.5 Å². The van der Waals surface area contributed by atoms with Crippen LogP contribution in [0.15, 0.2) is 41.4 Å². The molecule has 3 amide bonds. The average Bonchev–Trinajstić information content (AvgIpc) is 3.34. The highest BCUT2D eigenvalue weighted by atomic mass is 79.9. The Balaban J connectivity index is 1.56. The molecule has 30 heavy (non-hydrogen) atoms. The van der Waals surface area contributed by atoms with Crippen LogP contribution in [0, 0.1) is 5.82 Å². The number of nitrogens with zero attached hydrogens (tertiary/aromatic N) is 3. The summed E-state index contributed by atoms with van der Waals surface area (Å²) in [5.74, 6) is -1.34. The minimum absolute atomic E-state index is 0.0638. The number of halogens is 2. The van der Waals surface area contributed by atoms with Crippen LogP contribution in [0.2, 0.25) is 0 Å². The summed E-state index contributed by atoms with van der Waals surface area (Å²) in [6.45, 7) is 0.974. The van der Waals surface area contributed by atoms with E-state index in [1.807, 2.05) is 10.8 Å². The third-order valence-electron chi connectivity index (χ3n) is 3.95. The minimum Gasteiger partial charge on any atom is -0.471 e. The first-order chi connectivity index (χ1) is 14.4. The molecule has 0 aliphatic rings. The topological polar surface area (TPSA) is 124 Å². The van der Waals surface area contributed by atoms with Gasteiger partial charge in [0.1, 0.15) is 23.0 Å². The Kier molecular flexibility index (Phi) is 7.36. The van der Waals surface area contributed by atoms with Crippen LogP contribution in [0.25, 0.3) is 0 Å². The van der Waals surface area contributed by atoms with Gasteiger partial charge in [-0.1, -0.05) is 22.0 Å². The lowest BCUT2D eigenvalue weighted by molar-refractivity contribution is 0.0996. The number of hydrogen-bond donors (Lipinski definition) is 3. The van der Waals surface area contributed by atoms with Gasteiger partial charge in [-0.2, -0.15) is 4.37 Å². The van der Waals surface area contributed by atoms with E-state index in [-0.39, 0.29) is 28.6 Å². The molecule has 0 saturated carbocycles. The number of imidazole rings is 1. The molecule has 158 valence electrons. The van der Waals surface area contributed by atoms with Crippen molar-refractivity contribution in [3.8, 4) is 5.88 Å². The molecule has 0 aliphatic heterocycles. The molecule has 2 heterocycles. The zero-order valence-electron chi connectivity index (χ0n) is 15.6. The zero-order chi connectivity index (χ0) is 21.5. The summed E-state index contributed by atoms with van der Waals surface area (Å²) in [6, 6.07) is 4.02. The van der Waals surface area contributed by atoms with Crippen LogP contribution in [-0.2, 0) is 13.2 Å². The first-order valence-electron chi connectivity index (χ1n) is 8.81. The number of anilines is 1. The Labute approximate surface area is 183 Å². The van der Waals surface area contributed by atoms with Crippen molar-refractivity contribution in [1.82, 2.24) is 19.2 Å². The summed E-state index contributed by atoms with van der Waals surface area (Å²) in [6.07, 6.45) is 5.90. The number of hydrogen-bond acceptors (Lipinski definition) is 6. The lowest BCUT2D eigenvalue weighted by Crippen LogP contribution is -2.30. The van der Waals surface area contributed by atoms with Gasteiger partial charge in [0.25, 0.3) is 5.91 Å². The van der Waals surface area contributed by atoms with Crippen LogP contribution in [0.3, 0.4) is 0 Å². The fourth-order valence-corrected chi connectivity index (χ4v) is 3.56. The van der Waals surface area contributed by atoms with E-state index in [1.165, 1.54) is 6.07 Å². The predicted molar refractivity (Wildman–Crippen MR) is 113 cm³/mol. The Bertz CT molecular complexity index is 1030. The van der Waals surface area contributed by atoms with Gasteiger partial charge < -0.3 is 20.4 Å². The summed E-state index contributed by atoms with van der Waals surface area (Å²) >= 11 is 4.03. The van der Waals surface area contributed by atoms with E-state index in [0.29, 0.717) is 24.0 Å². The Morgan fingerprint density at radius 2 is 2.20 bits per heavy atom. The van der Waals surface area contributed by atoms with E-state index >= 15 is 0 Å². The van der Waals surface area contributed by atoms with Gasteiger partial charge in [0.15, 0.2) is 0 Å². The first kappa shape index (κ1) is 21.7. The number of amides is 3. The number of carbonyl (C=O) groups is 2. The standard InChI is InChI=1S/C18H18BrFN6O3S/c19-12-3-2-11(13(20)8-12)9-29-16-14(15(21)27)17(30-25-16)24-18(28)23-4-1-6-26-7-5-22-10-26/h2-3,5,7-8,10H,1,4,6,9H2,(H2,21,27)(H2,23,24,28). The van der Waals surface area contributed by atoms with Crippen molar-refractivity contribution in [3.05, 3.63) is 58.3 Å². The third kappa shape index (κ3) is 5.76. The molecule has 0 atom stereocenters. The molecule has 0 spiro atoms. The SMILES string of the molecule is NC(=O)c1c(OCc2ccc(Br)cc2F)nsc1NC(=O)NCCCn1ccnc1. The molecule has 0 bridgehead atoms.